The number of nitrogens with zero attached hydrogens (tertiary/aromatic N) is 2. The van der Waals surface area contributed by atoms with Gasteiger partial charge in [-0.3, -0.25) is 0 Å². The van der Waals surface area contributed by atoms with E-state index in [-0.39, 0.29) is 0 Å². The van der Waals surface area contributed by atoms with Crippen molar-refractivity contribution in [2.75, 3.05) is 0 Å². The van der Waals surface area contributed by atoms with Gasteiger partial charge in [0.25, 0.3) is 0 Å². The van der Waals surface area contributed by atoms with Crippen LogP contribution in [-0.2, 0) is 0 Å². The standard InChI is InChI=1S/C11H14BrClN2/c1-7-14-10(9(12)11(13)15-7)8-5-3-2-4-6-8/h8H,2-6H2,1H3. The van der Waals surface area contributed by atoms with Crippen molar-refractivity contribution in [3.05, 3.63) is 21.1 Å². The van der Waals surface area contributed by atoms with Crippen LogP contribution in [0.2, 0.25) is 5.15 Å². The number of aromatic nitrogens is 2. The van der Waals surface area contributed by atoms with Crippen molar-refractivity contribution in [3.63, 3.8) is 0 Å². The van der Waals surface area contributed by atoms with Crippen LogP contribution in [-0.4, -0.2) is 9.97 Å². The molecule has 0 atom stereocenters. The third-order valence-electron chi connectivity index (χ3n) is 2.94. The lowest BCUT2D eigenvalue weighted by Gasteiger charge is -2.22. The fraction of sp³-hybridized carbons (Fsp3) is 0.636. The predicted octanol–water partition coefficient (Wildman–Crippen LogP) is 4.25. The Kier molecular flexibility index (Phi) is 3.62. The average molecular weight is 290 g/mol. The van der Waals surface area contributed by atoms with E-state index in [1.807, 2.05) is 6.92 Å². The van der Waals surface area contributed by atoms with E-state index in [9.17, 15) is 0 Å². The minimum atomic E-state index is 0.545. The van der Waals surface area contributed by atoms with Gasteiger partial charge in [-0.25, -0.2) is 9.97 Å². The van der Waals surface area contributed by atoms with Crippen LogP contribution in [0.3, 0.4) is 0 Å². The maximum absolute atomic E-state index is 6.04. The molecule has 4 heteroatoms. The van der Waals surface area contributed by atoms with Crippen LogP contribution >= 0.6 is 27.5 Å². The highest BCUT2D eigenvalue weighted by Crippen LogP contribution is 2.37. The molecule has 0 bridgehead atoms. The van der Waals surface area contributed by atoms with Gasteiger partial charge in [-0.2, -0.15) is 0 Å². The van der Waals surface area contributed by atoms with Crippen molar-refractivity contribution in [2.24, 2.45) is 0 Å². The molecule has 1 heterocycles. The first-order valence-electron chi connectivity index (χ1n) is 5.38. The highest BCUT2D eigenvalue weighted by molar-refractivity contribution is 9.10. The van der Waals surface area contributed by atoms with Gasteiger partial charge in [0.15, 0.2) is 0 Å². The second-order valence-electron chi connectivity index (χ2n) is 4.10. The zero-order valence-corrected chi connectivity index (χ0v) is 11.1. The molecule has 2 rings (SSSR count). The summed E-state index contributed by atoms with van der Waals surface area (Å²) in [4.78, 5) is 8.65. The van der Waals surface area contributed by atoms with Crippen molar-refractivity contribution in [1.29, 1.82) is 0 Å². The first-order valence-corrected chi connectivity index (χ1v) is 6.55. The third kappa shape index (κ3) is 2.51. The van der Waals surface area contributed by atoms with Gasteiger partial charge < -0.3 is 0 Å². The molecule has 82 valence electrons. The normalized spacial score (nSPS) is 18.1. The molecule has 1 aliphatic rings. The summed E-state index contributed by atoms with van der Waals surface area (Å²) >= 11 is 9.53. The van der Waals surface area contributed by atoms with E-state index in [4.69, 9.17) is 11.6 Å². The first kappa shape index (κ1) is 11.3. The summed E-state index contributed by atoms with van der Waals surface area (Å²) in [5.41, 5.74) is 1.10. The molecular formula is C11H14BrClN2. The Labute approximate surface area is 104 Å². The van der Waals surface area contributed by atoms with Crippen molar-refractivity contribution in [3.8, 4) is 0 Å². The van der Waals surface area contributed by atoms with Gasteiger partial charge in [0.05, 0.1) is 10.2 Å². The molecule has 0 unspecified atom stereocenters. The average Bonchev–Trinajstić information content (AvgIpc) is 2.24. The van der Waals surface area contributed by atoms with E-state index in [2.05, 4.69) is 25.9 Å². The van der Waals surface area contributed by atoms with Crippen molar-refractivity contribution in [2.45, 2.75) is 44.9 Å². The lowest BCUT2D eigenvalue weighted by atomic mass is 9.87. The van der Waals surface area contributed by atoms with Gasteiger partial charge in [0, 0.05) is 5.92 Å². The number of aryl methyl sites for hydroxylation is 1. The second-order valence-corrected chi connectivity index (χ2v) is 5.25. The van der Waals surface area contributed by atoms with Gasteiger partial charge >= 0.3 is 0 Å². The molecule has 0 N–H and O–H groups in total. The number of halogens is 2. The van der Waals surface area contributed by atoms with Gasteiger partial charge in [-0.15, -0.1) is 0 Å². The topological polar surface area (TPSA) is 25.8 Å². The van der Waals surface area contributed by atoms with Crippen LogP contribution in [0.4, 0.5) is 0 Å². The molecule has 1 aromatic heterocycles. The van der Waals surface area contributed by atoms with Crippen LogP contribution in [0.5, 0.6) is 0 Å². The Bertz CT molecular complexity index is 362. The molecule has 0 aromatic carbocycles. The molecule has 0 spiro atoms. The largest absolute Gasteiger partial charge is 0.237 e. The smallest absolute Gasteiger partial charge is 0.147 e. The Morgan fingerprint density at radius 3 is 2.53 bits per heavy atom. The highest BCUT2D eigenvalue weighted by atomic mass is 79.9. The fourth-order valence-electron chi connectivity index (χ4n) is 2.19. The fourth-order valence-corrected chi connectivity index (χ4v) is 2.91. The molecule has 1 aromatic rings. The number of rotatable bonds is 1. The minimum Gasteiger partial charge on any atom is -0.237 e. The zero-order valence-electron chi connectivity index (χ0n) is 8.76. The minimum absolute atomic E-state index is 0.545. The summed E-state index contributed by atoms with van der Waals surface area (Å²) < 4.78 is 0.890. The Hall–Kier alpha value is -0.150. The van der Waals surface area contributed by atoms with Gasteiger partial charge in [-0.1, -0.05) is 30.9 Å². The Balaban J connectivity index is 2.33. The molecule has 1 saturated carbocycles. The lowest BCUT2D eigenvalue weighted by molar-refractivity contribution is 0.434. The number of hydrogen-bond acceptors (Lipinski definition) is 2. The summed E-state index contributed by atoms with van der Waals surface area (Å²) in [5.74, 6) is 1.33. The van der Waals surface area contributed by atoms with E-state index in [1.54, 1.807) is 0 Å². The predicted molar refractivity (Wildman–Crippen MR) is 65.3 cm³/mol. The van der Waals surface area contributed by atoms with Gasteiger partial charge in [0.1, 0.15) is 11.0 Å². The molecule has 0 amide bonds. The number of hydrogen-bond donors (Lipinski definition) is 0. The second kappa shape index (κ2) is 4.79. The quantitative estimate of drug-likeness (QED) is 0.722. The van der Waals surface area contributed by atoms with Crippen molar-refractivity contribution >= 4 is 27.5 Å². The molecule has 1 fully saturated rings. The molecule has 15 heavy (non-hydrogen) atoms. The Morgan fingerprint density at radius 1 is 1.20 bits per heavy atom. The van der Waals surface area contributed by atoms with E-state index in [1.165, 1.54) is 32.1 Å². The third-order valence-corrected chi connectivity index (χ3v) is 4.22. The summed E-state index contributed by atoms with van der Waals surface area (Å²) in [6, 6.07) is 0. The maximum Gasteiger partial charge on any atom is 0.147 e. The van der Waals surface area contributed by atoms with E-state index < -0.39 is 0 Å². The highest BCUT2D eigenvalue weighted by Gasteiger charge is 2.21. The molecule has 0 aliphatic heterocycles. The maximum atomic E-state index is 6.04. The lowest BCUT2D eigenvalue weighted by Crippen LogP contribution is -2.09. The van der Waals surface area contributed by atoms with Crippen LogP contribution in [0.25, 0.3) is 0 Å². The summed E-state index contributed by atoms with van der Waals surface area (Å²) in [7, 11) is 0. The van der Waals surface area contributed by atoms with Crippen LogP contribution in [0.15, 0.2) is 4.47 Å². The zero-order chi connectivity index (χ0) is 10.8. The molecular weight excluding hydrogens is 275 g/mol. The molecule has 0 saturated heterocycles. The monoisotopic (exact) mass is 288 g/mol. The summed E-state index contributed by atoms with van der Waals surface area (Å²) in [6.45, 7) is 1.89. The van der Waals surface area contributed by atoms with Gasteiger partial charge in [-0.05, 0) is 35.7 Å². The Morgan fingerprint density at radius 2 is 1.87 bits per heavy atom. The van der Waals surface area contributed by atoms with E-state index in [0.717, 1.165) is 16.0 Å². The summed E-state index contributed by atoms with van der Waals surface area (Å²) in [6.07, 6.45) is 6.41. The van der Waals surface area contributed by atoms with Crippen LogP contribution in [0.1, 0.15) is 49.5 Å². The van der Waals surface area contributed by atoms with Crippen molar-refractivity contribution < 1.29 is 0 Å². The van der Waals surface area contributed by atoms with Gasteiger partial charge in [0.2, 0.25) is 0 Å². The van der Waals surface area contributed by atoms with Crippen molar-refractivity contribution in [1.82, 2.24) is 9.97 Å². The van der Waals surface area contributed by atoms with Crippen LogP contribution < -0.4 is 0 Å². The van der Waals surface area contributed by atoms with E-state index >= 15 is 0 Å². The summed E-state index contributed by atoms with van der Waals surface area (Å²) in [5, 5.41) is 0.545. The first-order chi connectivity index (χ1) is 7.18. The van der Waals surface area contributed by atoms with E-state index in [0.29, 0.717) is 11.1 Å². The SMILES string of the molecule is Cc1nc(Cl)c(Br)c(C2CCCCC2)n1. The molecule has 0 radical (unpaired) electrons. The van der Waals surface area contributed by atoms with Crippen LogP contribution in [0, 0.1) is 6.92 Å². The molecule has 1 aliphatic carbocycles. The molecule has 2 nitrogen and oxygen atoms in total.